The Morgan fingerprint density at radius 1 is 1.03 bits per heavy atom. The van der Waals surface area contributed by atoms with Crippen LogP contribution in [0.15, 0.2) is 24.3 Å². The number of rotatable bonds is 7. The van der Waals surface area contributed by atoms with Gasteiger partial charge in [-0.3, -0.25) is 5.41 Å². The molecule has 2 saturated heterocycles. The fourth-order valence-corrected chi connectivity index (χ4v) is 5.80. The molecular weight excluding hydrogens is 416 g/mol. The maximum Gasteiger partial charge on any atom is 0.217 e. The van der Waals surface area contributed by atoms with Crippen LogP contribution in [0.4, 0.5) is 0 Å². The molecule has 0 aromatic heterocycles. The van der Waals surface area contributed by atoms with Gasteiger partial charge >= 0.3 is 0 Å². The summed E-state index contributed by atoms with van der Waals surface area (Å²) in [5, 5.41) is 39.6. The van der Waals surface area contributed by atoms with Gasteiger partial charge in [0.15, 0.2) is 5.41 Å². The van der Waals surface area contributed by atoms with E-state index < -0.39 is 28.6 Å². The quantitative estimate of drug-likeness (QED) is 0.548. The van der Waals surface area contributed by atoms with Crippen LogP contribution in [0, 0.1) is 56.2 Å². The van der Waals surface area contributed by atoms with E-state index in [9.17, 15) is 15.8 Å². The highest BCUT2D eigenvalue weighted by atomic mass is 16.7. The average molecular weight is 447 g/mol. The highest BCUT2D eigenvalue weighted by Crippen LogP contribution is 2.69. The third kappa shape index (κ3) is 3.36. The Kier molecular flexibility index (Phi) is 6.33. The predicted octanol–water partition coefficient (Wildman–Crippen LogP) is 5.54. The molecule has 1 saturated carbocycles. The SMILES string of the molecule is CCCCCCOc1ccc(C2OC34CCCCCC3C(C#N)(C(=N)O4)C2(C#N)C#N)cc1. The molecule has 1 aromatic carbocycles. The fraction of sp³-hybridized carbons (Fsp3) is 0.615. The predicted molar refractivity (Wildman–Crippen MR) is 120 cm³/mol. The average Bonchev–Trinajstić information content (AvgIpc) is 2.95. The van der Waals surface area contributed by atoms with Gasteiger partial charge in [-0.15, -0.1) is 0 Å². The number of hydrogen-bond donors (Lipinski definition) is 1. The molecule has 0 amide bonds. The summed E-state index contributed by atoms with van der Waals surface area (Å²) in [5.41, 5.74) is -2.95. The number of unbranched alkanes of at least 4 members (excludes halogenated alkanes) is 3. The molecule has 3 fully saturated rings. The van der Waals surface area contributed by atoms with Gasteiger partial charge < -0.3 is 14.2 Å². The second-order valence-corrected chi connectivity index (χ2v) is 9.32. The van der Waals surface area contributed by atoms with E-state index in [4.69, 9.17) is 19.6 Å². The van der Waals surface area contributed by atoms with Gasteiger partial charge in [-0.05, 0) is 37.0 Å². The molecule has 7 nitrogen and oxygen atoms in total. The van der Waals surface area contributed by atoms with Gasteiger partial charge in [0, 0.05) is 6.42 Å². The topological polar surface area (TPSA) is 123 Å². The molecule has 0 spiro atoms. The molecule has 2 aliphatic heterocycles. The Hall–Kier alpha value is -3.08. The van der Waals surface area contributed by atoms with E-state index in [0.29, 0.717) is 30.8 Å². The monoisotopic (exact) mass is 446 g/mol. The van der Waals surface area contributed by atoms with Crippen LogP contribution in [0.3, 0.4) is 0 Å². The minimum absolute atomic E-state index is 0.311. The minimum Gasteiger partial charge on any atom is -0.494 e. The summed E-state index contributed by atoms with van der Waals surface area (Å²) in [5.74, 6) is -1.28. The lowest BCUT2D eigenvalue weighted by molar-refractivity contribution is -0.284. The molecule has 3 aliphatic rings. The maximum atomic E-state index is 10.4. The van der Waals surface area contributed by atoms with E-state index in [0.717, 1.165) is 32.1 Å². The smallest absolute Gasteiger partial charge is 0.217 e. The van der Waals surface area contributed by atoms with Crippen LogP contribution < -0.4 is 4.74 Å². The molecular formula is C26H30N4O3. The van der Waals surface area contributed by atoms with E-state index in [-0.39, 0.29) is 5.90 Å². The van der Waals surface area contributed by atoms with Crippen molar-refractivity contribution in [1.82, 2.24) is 0 Å². The zero-order valence-corrected chi connectivity index (χ0v) is 19.1. The van der Waals surface area contributed by atoms with Gasteiger partial charge in [0.25, 0.3) is 0 Å². The number of hydrogen-bond acceptors (Lipinski definition) is 7. The van der Waals surface area contributed by atoms with Crippen molar-refractivity contribution in [3.05, 3.63) is 29.8 Å². The first-order valence-electron chi connectivity index (χ1n) is 12.0. The summed E-state index contributed by atoms with van der Waals surface area (Å²) >= 11 is 0. The number of nitrogens with one attached hydrogen (secondary N) is 1. The Labute approximate surface area is 195 Å². The highest BCUT2D eigenvalue weighted by molar-refractivity contribution is 5.89. The first-order valence-corrected chi connectivity index (χ1v) is 12.0. The Morgan fingerprint density at radius 2 is 1.79 bits per heavy atom. The zero-order chi connectivity index (χ0) is 23.5. The molecule has 4 rings (SSSR count). The van der Waals surface area contributed by atoms with Crippen molar-refractivity contribution in [2.75, 3.05) is 6.61 Å². The molecule has 2 heterocycles. The van der Waals surface area contributed by atoms with Crippen molar-refractivity contribution in [2.45, 2.75) is 76.6 Å². The lowest BCUT2D eigenvalue weighted by atomic mass is 9.52. The van der Waals surface area contributed by atoms with Crippen molar-refractivity contribution < 1.29 is 14.2 Å². The summed E-state index contributed by atoms with van der Waals surface area (Å²) in [7, 11) is 0. The highest BCUT2D eigenvalue weighted by Gasteiger charge is 2.80. The van der Waals surface area contributed by atoms with Crippen molar-refractivity contribution in [3.63, 3.8) is 0 Å². The van der Waals surface area contributed by atoms with Crippen molar-refractivity contribution in [2.24, 2.45) is 16.7 Å². The molecule has 4 atom stereocenters. The summed E-state index contributed by atoms with van der Waals surface area (Å²) in [6.07, 6.45) is 7.22. The molecule has 0 radical (unpaired) electrons. The number of nitriles is 3. The van der Waals surface area contributed by atoms with E-state index in [1.807, 2.05) is 12.1 Å². The second-order valence-electron chi connectivity index (χ2n) is 9.32. The lowest BCUT2D eigenvalue weighted by Crippen LogP contribution is -2.59. The van der Waals surface area contributed by atoms with Crippen molar-refractivity contribution in [1.29, 1.82) is 21.2 Å². The molecule has 7 heteroatoms. The number of nitrogens with zero attached hydrogens (tertiary/aromatic N) is 3. The van der Waals surface area contributed by atoms with Crippen LogP contribution in [0.1, 0.15) is 76.4 Å². The van der Waals surface area contributed by atoms with E-state index >= 15 is 0 Å². The van der Waals surface area contributed by atoms with E-state index in [1.165, 1.54) is 12.8 Å². The summed E-state index contributed by atoms with van der Waals surface area (Å²) in [6.45, 7) is 2.80. The number of ether oxygens (including phenoxy) is 3. The molecule has 1 aliphatic carbocycles. The summed E-state index contributed by atoms with van der Waals surface area (Å²) < 4.78 is 18.3. The maximum absolute atomic E-state index is 10.4. The zero-order valence-electron chi connectivity index (χ0n) is 19.1. The normalized spacial score (nSPS) is 31.8. The third-order valence-corrected chi connectivity index (χ3v) is 7.52. The molecule has 2 bridgehead atoms. The molecule has 1 N–H and O–H groups in total. The largest absolute Gasteiger partial charge is 0.494 e. The van der Waals surface area contributed by atoms with Gasteiger partial charge in [0.2, 0.25) is 17.1 Å². The van der Waals surface area contributed by atoms with Gasteiger partial charge in [-0.2, -0.15) is 15.8 Å². The van der Waals surface area contributed by atoms with Gasteiger partial charge in [-0.25, -0.2) is 0 Å². The molecule has 172 valence electrons. The molecule has 33 heavy (non-hydrogen) atoms. The van der Waals surface area contributed by atoms with Gasteiger partial charge in [0.1, 0.15) is 11.9 Å². The van der Waals surface area contributed by atoms with Gasteiger partial charge in [0.05, 0.1) is 30.7 Å². The van der Waals surface area contributed by atoms with Crippen LogP contribution >= 0.6 is 0 Å². The fourth-order valence-electron chi connectivity index (χ4n) is 5.80. The van der Waals surface area contributed by atoms with Crippen molar-refractivity contribution in [3.8, 4) is 24.0 Å². The lowest BCUT2D eigenvalue weighted by Gasteiger charge is -2.49. The van der Waals surface area contributed by atoms with Crippen LogP contribution in [0.5, 0.6) is 5.75 Å². The second kappa shape index (κ2) is 9.05. The number of benzene rings is 1. The van der Waals surface area contributed by atoms with E-state index in [2.05, 4.69) is 25.1 Å². The first kappa shape index (κ1) is 23.1. The Bertz CT molecular complexity index is 1000. The van der Waals surface area contributed by atoms with E-state index in [1.54, 1.807) is 12.1 Å². The van der Waals surface area contributed by atoms with Crippen LogP contribution in [0.25, 0.3) is 0 Å². The third-order valence-electron chi connectivity index (χ3n) is 7.52. The first-order chi connectivity index (χ1) is 16.0. The molecule has 4 unspecified atom stereocenters. The van der Waals surface area contributed by atoms with Gasteiger partial charge in [-0.1, -0.05) is 51.2 Å². The molecule has 1 aromatic rings. The standard InChI is InChI=1S/C26H30N4O3/c1-2-3-4-8-15-31-20-12-10-19(11-13-20)22-24(16-27,17-28)25(18-29)21-9-6-5-7-14-26(21,32-22)33-23(25)30/h10-13,21-22,30H,2-9,14-15H2,1H3. The van der Waals surface area contributed by atoms with Crippen LogP contribution in [-0.2, 0) is 9.47 Å². The Morgan fingerprint density at radius 3 is 2.45 bits per heavy atom. The Balaban J connectivity index is 1.69. The van der Waals surface area contributed by atoms with Crippen LogP contribution in [-0.4, -0.2) is 18.3 Å². The summed E-state index contributed by atoms with van der Waals surface area (Å²) in [6, 6.07) is 13.7. The van der Waals surface area contributed by atoms with Crippen molar-refractivity contribution >= 4 is 5.90 Å². The minimum atomic E-state index is -1.89. The van der Waals surface area contributed by atoms with Crippen LogP contribution in [0.2, 0.25) is 0 Å². The summed E-state index contributed by atoms with van der Waals surface area (Å²) in [4.78, 5) is 0.